The van der Waals surface area contributed by atoms with Crippen molar-refractivity contribution in [2.24, 2.45) is 28.6 Å². The van der Waals surface area contributed by atoms with Gasteiger partial charge in [0.25, 0.3) is 0 Å². The van der Waals surface area contributed by atoms with Gasteiger partial charge in [-0.1, -0.05) is 13.0 Å². The van der Waals surface area contributed by atoms with Gasteiger partial charge in [-0.05, 0) is 43.4 Å². The third kappa shape index (κ3) is 1.53. The van der Waals surface area contributed by atoms with E-state index in [1.165, 1.54) is 0 Å². The van der Waals surface area contributed by atoms with Gasteiger partial charge in [0.15, 0.2) is 0 Å². The van der Waals surface area contributed by atoms with E-state index in [0.717, 1.165) is 0 Å². The zero-order valence-electron chi connectivity index (χ0n) is 11.7. The highest BCUT2D eigenvalue weighted by Gasteiger charge is 2.64. The molecule has 2 saturated carbocycles. The van der Waals surface area contributed by atoms with Gasteiger partial charge >= 0.3 is 11.9 Å². The Morgan fingerprint density at radius 2 is 1.85 bits per heavy atom. The van der Waals surface area contributed by atoms with Crippen molar-refractivity contribution < 1.29 is 24.9 Å². The number of aliphatic carboxylic acids is 2. The molecule has 3 N–H and O–H groups in total. The van der Waals surface area contributed by atoms with Crippen LogP contribution in [-0.2, 0) is 9.59 Å². The van der Waals surface area contributed by atoms with Crippen LogP contribution in [0, 0.1) is 28.6 Å². The summed E-state index contributed by atoms with van der Waals surface area (Å²) in [6, 6.07) is 0. The average Bonchev–Trinajstić information content (AvgIpc) is 2.66. The number of rotatable bonds is 2. The molecule has 2 fully saturated rings. The fourth-order valence-corrected chi connectivity index (χ4v) is 4.91. The Morgan fingerprint density at radius 1 is 1.20 bits per heavy atom. The van der Waals surface area contributed by atoms with Crippen LogP contribution >= 0.6 is 0 Å². The van der Waals surface area contributed by atoms with Gasteiger partial charge in [0, 0.05) is 11.5 Å². The van der Waals surface area contributed by atoms with E-state index in [9.17, 15) is 24.9 Å². The highest BCUT2D eigenvalue weighted by Crippen LogP contribution is 2.66. The first-order valence-corrected chi connectivity index (χ1v) is 7.05. The summed E-state index contributed by atoms with van der Waals surface area (Å²) in [7, 11) is 0. The van der Waals surface area contributed by atoms with Crippen molar-refractivity contribution >= 4 is 11.9 Å². The number of carboxylic acids is 2. The number of allylic oxidation sites excluding steroid dienone is 1. The minimum atomic E-state index is -0.984. The van der Waals surface area contributed by atoms with Gasteiger partial charge in [-0.25, -0.2) is 4.79 Å². The molecule has 3 rings (SSSR count). The zero-order valence-corrected chi connectivity index (χ0v) is 11.7. The largest absolute Gasteiger partial charge is 0.481 e. The highest BCUT2D eigenvalue weighted by atomic mass is 16.4. The van der Waals surface area contributed by atoms with Crippen molar-refractivity contribution in [1.82, 2.24) is 0 Å². The molecule has 20 heavy (non-hydrogen) atoms. The van der Waals surface area contributed by atoms with E-state index in [1.54, 1.807) is 13.0 Å². The van der Waals surface area contributed by atoms with Crippen LogP contribution in [0.2, 0.25) is 0 Å². The summed E-state index contributed by atoms with van der Waals surface area (Å²) in [5, 5.41) is 28.7. The first kappa shape index (κ1) is 13.6. The fraction of sp³-hybridized carbons (Fsp3) is 0.733. The molecule has 0 aromatic heterocycles. The number of carbonyl (C=O) groups is 2. The number of hydrogen-bond donors (Lipinski definition) is 3. The SMILES string of the molecule is CC1(C(=O)O)CC2C=C(C(=O)O)C3C(O)CC3(C)C2C1. The summed E-state index contributed by atoms with van der Waals surface area (Å²) in [6.07, 6.45) is 2.73. The molecule has 0 bridgehead atoms. The van der Waals surface area contributed by atoms with Crippen LogP contribution in [0.3, 0.4) is 0 Å². The quantitative estimate of drug-likeness (QED) is 0.712. The number of carboxylic acid groups (broad SMARTS) is 2. The molecule has 0 heterocycles. The summed E-state index contributed by atoms with van der Waals surface area (Å²) in [5.74, 6) is -1.99. The summed E-state index contributed by atoms with van der Waals surface area (Å²) in [5.41, 5.74) is -0.782. The Labute approximate surface area is 117 Å². The van der Waals surface area contributed by atoms with Crippen molar-refractivity contribution in [1.29, 1.82) is 0 Å². The van der Waals surface area contributed by atoms with Crippen LogP contribution in [0.4, 0.5) is 0 Å². The second kappa shape index (κ2) is 3.85. The van der Waals surface area contributed by atoms with Gasteiger partial charge in [-0.3, -0.25) is 4.79 Å². The zero-order chi connectivity index (χ0) is 14.9. The fourth-order valence-electron chi connectivity index (χ4n) is 4.91. The Hall–Kier alpha value is -1.36. The summed E-state index contributed by atoms with van der Waals surface area (Å²) < 4.78 is 0. The van der Waals surface area contributed by atoms with Gasteiger partial charge in [0.05, 0.1) is 11.5 Å². The number of aliphatic hydroxyl groups excluding tert-OH is 1. The highest BCUT2D eigenvalue weighted by molar-refractivity contribution is 5.88. The minimum Gasteiger partial charge on any atom is -0.481 e. The van der Waals surface area contributed by atoms with Gasteiger partial charge in [0.2, 0.25) is 0 Å². The molecule has 0 amide bonds. The molecule has 0 aliphatic heterocycles. The molecule has 0 spiro atoms. The molecule has 5 nitrogen and oxygen atoms in total. The lowest BCUT2D eigenvalue weighted by Gasteiger charge is -2.58. The van der Waals surface area contributed by atoms with Crippen LogP contribution in [0.25, 0.3) is 0 Å². The maximum absolute atomic E-state index is 11.5. The van der Waals surface area contributed by atoms with E-state index in [4.69, 9.17) is 0 Å². The predicted octanol–water partition coefficient (Wildman–Crippen LogP) is 1.52. The maximum Gasteiger partial charge on any atom is 0.331 e. The van der Waals surface area contributed by atoms with E-state index in [2.05, 4.69) is 0 Å². The van der Waals surface area contributed by atoms with Crippen LogP contribution in [0.15, 0.2) is 11.6 Å². The van der Waals surface area contributed by atoms with E-state index in [1.807, 2.05) is 6.92 Å². The van der Waals surface area contributed by atoms with Crippen molar-refractivity contribution in [3.63, 3.8) is 0 Å². The van der Waals surface area contributed by atoms with Crippen LogP contribution in [0.1, 0.15) is 33.1 Å². The van der Waals surface area contributed by atoms with E-state index in [-0.39, 0.29) is 28.7 Å². The molecule has 6 unspecified atom stereocenters. The Balaban J connectivity index is 2.02. The molecule has 0 aromatic rings. The van der Waals surface area contributed by atoms with Gasteiger partial charge in [-0.15, -0.1) is 0 Å². The van der Waals surface area contributed by atoms with Crippen molar-refractivity contribution in [2.75, 3.05) is 0 Å². The Morgan fingerprint density at radius 3 is 2.35 bits per heavy atom. The van der Waals surface area contributed by atoms with Crippen molar-refractivity contribution in [3.8, 4) is 0 Å². The van der Waals surface area contributed by atoms with Crippen molar-refractivity contribution in [3.05, 3.63) is 11.6 Å². The van der Waals surface area contributed by atoms with Crippen LogP contribution in [0.5, 0.6) is 0 Å². The van der Waals surface area contributed by atoms with Crippen LogP contribution in [-0.4, -0.2) is 33.4 Å². The third-order valence-corrected chi connectivity index (χ3v) is 5.96. The van der Waals surface area contributed by atoms with Gasteiger partial charge in [0.1, 0.15) is 0 Å². The van der Waals surface area contributed by atoms with E-state index in [0.29, 0.717) is 19.3 Å². The Bertz CT molecular complexity index is 524. The average molecular weight is 280 g/mol. The number of aliphatic hydroxyl groups is 1. The predicted molar refractivity (Wildman–Crippen MR) is 69.9 cm³/mol. The van der Waals surface area contributed by atoms with Crippen LogP contribution < -0.4 is 0 Å². The van der Waals surface area contributed by atoms with Gasteiger partial charge in [-0.2, -0.15) is 0 Å². The second-order valence-corrected chi connectivity index (χ2v) is 7.23. The molecule has 3 aliphatic rings. The molecule has 0 saturated heterocycles. The first-order valence-electron chi connectivity index (χ1n) is 7.05. The molecule has 5 heteroatoms. The number of fused-ring (bicyclic) bond motifs is 3. The molecule has 0 aromatic carbocycles. The summed E-state index contributed by atoms with van der Waals surface area (Å²) in [6.45, 7) is 3.75. The van der Waals surface area contributed by atoms with Crippen molar-refractivity contribution in [2.45, 2.75) is 39.2 Å². The topological polar surface area (TPSA) is 94.8 Å². The normalized spacial score (nSPS) is 49.6. The summed E-state index contributed by atoms with van der Waals surface area (Å²) in [4.78, 5) is 22.9. The lowest BCUT2D eigenvalue weighted by atomic mass is 9.47. The first-order chi connectivity index (χ1) is 9.19. The smallest absolute Gasteiger partial charge is 0.331 e. The third-order valence-electron chi connectivity index (χ3n) is 5.96. The standard InChI is InChI=1S/C15H20O5/c1-14(13(19)20)4-7-3-8(12(17)18)11-10(16)6-15(11,2)9(7)5-14/h3,7,9-11,16H,4-6H2,1-2H3,(H,17,18)(H,19,20). The molecular formula is C15H20O5. The lowest BCUT2D eigenvalue weighted by Crippen LogP contribution is -2.58. The maximum atomic E-state index is 11.5. The molecular weight excluding hydrogens is 260 g/mol. The lowest BCUT2D eigenvalue weighted by molar-refractivity contribution is -0.153. The number of hydrogen-bond acceptors (Lipinski definition) is 3. The Kier molecular flexibility index (Phi) is 2.62. The molecule has 6 atom stereocenters. The second-order valence-electron chi connectivity index (χ2n) is 7.23. The monoisotopic (exact) mass is 280 g/mol. The van der Waals surface area contributed by atoms with E-state index < -0.39 is 23.5 Å². The van der Waals surface area contributed by atoms with Gasteiger partial charge < -0.3 is 15.3 Å². The van der Waals surface area contributed by atoms with E-state index >= 15 is 0 Å². The minimum absolute atomic E-state index is 0.00375. The summed E-state index contributed by atoms with van der Waals surface area (Å²) >= 11 is 0. The molecule has 3 aliphatic carbocycles. The molecule has 0 radical (unpaired) electrons. The molecule has 110 valence electrons.